The molecule has 0 saturated carbocycles. The van der Waals surface area contributed by atoms with E-state index in [0.717, 1.165) is 29.4 Å². The Kier molecular flexibility index (Phi) is 6.10. The second-order valence-corrected chi connectivity index (χ2v) is 8.42. The van der Waals surface area contributed by atoms with Crippen LogP contribution < -0.4 is 17.0 Å². The van der Waals surface area contributed by atoms with Gasteiger partial charge in [0.1, 0.15) is 11.4 Å². The monoisotopic (exact) mass is 432 g/mol. The van der Waals surface area contributed by atoms with Crippen LogP contribution in [0, 0.1) is 0 Å². The van der Waals surface area contributed by atoms with Gasteiger partial charge in [-0.1, -0.05) is 54.6 Å². The fraction of sp³-hybridized carbons (Fsp3) is 0.320. The normalized spacial score (nSPS) is 15.5. The lowest BCUT2D eigenvalue weighted by molar-refractivity contribution is 0.0909. The number of nitrogens with zero attached hydrogens (tertiary/aromatic N) is 3. The molecule has 0 saturated heterocycles. The minimum Gasteiger partial charge on any atom is -0.384 e. The number of aryl methyl sites for hydroxylation is 1. The van der Waals surface area contributed by atoms with Gasteiger partial charge in [0.25, 0.3) is 5.56 Å². The van der Waals surface area contributed by atoms with Gasteiger partial charge in [-0.2, -0.15) is 0 Å². The van der Waals surface area contributed by atoms with E-state index >= 15 is 0 Å². The van der Waals surface area contributed by atoms with Gasteiger partial charge >= 0.3 is 5.69 Å². The zero-order chi connectivity index (χ0) is 22.8. The number of hydrogen-bond donors (Lipinski definition) is 1. The van der Waals surface area contributed by atoms with Gasteiger partial charge in [0.05, 0.1) is 13.1 Å². The lowest BCUT2D eigenvalue weighted by atomic mass is 9.87. The van der Waals surface area contributed by atoms with Crippen LogP contribution in [0.15, 0.2) is 64.2 Å². The Morgan fingerprint density at radius 1 is 1.09 bits per heavy atom. The van der Waals surface area contributed by atoms with Gasteiger partial charge in [0.2, 0.25) is 0 Å². The van der Waals surface area contributed by atoms with Crippen LogP contribution in [0.25, 0.3) is 0 Å². The molecular formula is C25H28N4O3. The van der Waals surface area contributed by atoms with Crippen LogP contribution in [0.2, 0.25) is 0 Å². The van der Waals surface area contributed by atoms with E-state index in [0.29, 0.717) is 0 Å². The molecule has 0 radical (unpaired) electrons. The third kappa shape index (κ3) is 4.03. The highest BCUT2D eigenvalue weighted by molar-refractivity contribution is 6.01. The molecule has 7 nitrogen and oxygen atoms in total. The van der Waals surface area contributed by atoms with Crippen LogP contribution in [0.4, 0.5) is 5.82 Å². The van der Waals surface area contributed by atoms with Crippen molar-refractivity contribution in [2.24, 2.45) is 7.05 Å². The number of fused-ring (bicyclic) bond motifs is 1. The molecule has 32 heavy (non-hydrogen) atoms. The molecule has 4 rings (SSSR count). The van der Waals surface area contributed by atoms with Crippen LogP contribution in [-0.4, -0.2) is 33.4 Å². The minimum atomic E-state index is -0.653. The summed E-state index contributed by atoms with van der Waals surface area (Å²) >= 11 is 0. The van der Waals surface area contributed by atoms with Gasteiger partial charge in [0.15, 0.2) is 5.78 Å². The molecule has 166 valence electrons. The summed E-state index contributed by atoms with van der Waals surface area (Å²) in [5.41, 5.74) is 8.31. The van der Waals surface area contributed by atoms with Gasteiger partial charge in [-0.15, -0.1) is 0 Å². The maximum absolute atomic E-state index is 13.3. The molecule has 1 aliphatic carbocycles. The van der Waals surface area contributed by atoms with E-state index in [1.807, 2.05) is 54.4 Å². The summed E-state index contributed by atoms with van der Waals surface area (Å²) in [6.45, 7) is 0.230. The van der Waals surface area contributed by atoms with Gasteiger partial charge in [0, 0.05) is 13.1 Å². The number of benzene rings is 2. The van der Waals surface area contributed by atoms with E-state index in [9.17, 15) is 14.4 Å². The molecule has 1 aromatic heterocycles. The summed E-state index contributed by atoms with van der Waals surface area (Å²) in [5.74, 6) is -0.458. The second-order valence-electron chi connectivity index (χ2n) is 8.42. The Balaban J connectivity index is 1.66. The lowest BCUT2D eigenvalue weighted by Crippen LogP contribution is -2.44. The van der Waals surface area contributed by atoms with Crippen LogP contribution in [-0.2, 0) is 20.0 Å². The fourth-order valence-corrected chi connectivity index (χ4v) is 4.57. The topological polar surface area (TPSA) is 90.3 Å². The molecular weight excluding hydrogens is 404 g/mol. The first-order chi connectivity index (χ1) is 15.4. The molecule has 3 aromatic rings. The molecule has 7 heteroatoms. The number of carbonyl (C=O) groups is 1. The Labute approximate surface area is 186 Å². The number of carbonyl (C=O) groups excluding carboxylic acids is 1. The number of Topliss-reactive ketones (excluding diaryl/α,β-unsaturated/α-hetero) is 1. The fourth-order valence-electron chi connectivity index (χ4n) is 4.57. The average molecular weight is 433 g/mol. The van der Waals surface area contributed by atoms with E-state index in [1.54, 1.807) is 0 Å². The maximum Gasteiger partial charge on any atom is 0.332 e. The minimum absolute atomic E-state index is 0.0436. The SMILES string of the molecule is CN(CC(=O)c1c(N)n(Cc2ccccc2)c(=O)n(C)c1=O)[C@H]1CCCc2ccccc21. The second kappa shape index (κ2) is 8.96. The zero-order valence-electron chi connectivity index (χ0n) is 18.5. The predicted molar refractivity (Wildman–Crippen MR) is 125 cm³/mol. The average Bonchev–Trinajstić information content (AvgIpc) is 2.81. The third-order valence-corrected chi connectivity index (χ3v) is 6.31. The molecule has 0 bridgehead atoms. The van der Waals surface area contributed by atoms with Crippen molar-refractivity contribution in [1.82, 2.24) is 14.0 Å². The summed E-state index contributed by atoms with van der Waals surface area (Å²) in [6.07, 6.45) is 3.03. The van der Waals surface area contributed by atoms with Crippen LogP contribution in [0.1, 0.15) is 45.9 Å². The number of nitrogens with two attached hydrogens (primary N) is 1. The molecule has 0 unspecified atom stereocenters. The Morgan fingerprint density at radius 2 is 1.78 bits per heavy atom. The molecule has 0 aliphatic heterocycles. The largest absolute Gasteiger partial charge is 0.384 e. The van der Waals surface area contributed by atoms with E-state index in [-0.39, 0.29) is 36.3 Å². The summed E-state index contributed by atoms with van der Waals surface area (Å²) in [4.78, 5) is 40.8. The molecule has 0 fully saturated rings. The number of ketones is 1. The Bertz CT molecular complexity index is 1260. The molecule has 0 spiro atoms. The molecule has 1 atom stereocenters. The van der Waals surface area contributed by atoms with Crippen molar-refractivity contribution in [3.63, 3.8) is 0 Å². The molecule has 0 amide bonds. The molecule has 1 aliphatic rings. The maximum atomic E-state index is 13.3. The lowest BCUT2D eigenvalue weighted by Gasteiger charge is -2.33. The van der Waals surface area contributed by atoms with Gasteiger partial charge in [-0.25, -0.2) is 4.79 Å². The summed E-state index contributed by atoms with van der Waals surface area (Å²) < 4.78 is 2.25. The molecule has 1 heterocycles. The first-order valence-corrected chi connectivity index (χ1v) is 10.8. The van der Waals surface area contributed by atoms with Crippen molar-refractivity contribution in [2.45, 2.75) is 31.8 Å². The first kappa shape index (κ1) is 21.8. The van der Waals surface area contributed by atoms with Gasteiger partial charge in [-0.05, 0) is 43.0 Å². The number of hydrogen-bond acceptors (Lipinski definition) is 5. The number of rotatable bonds is 6. The highest BCUT2D eigenvalue weighted by Gasteiger charge is 2.28. The number of likely N-dealkylation sites (N-methyl/N-ethyl adjacent to an activating group) is 1. The molecule has 2 aromatic carbocycles. The van der Waals surface area contributed by atoms with Crippen molar-refractivity contribution >= 4 is 11.6 Å². The highest BCUT2D eigenvalue weighted by atomic mass is 16.2. The first-order valence-electron chi connectivity index (χ1n) is 10.8. The number of aromatic nitrogens is 2. The van der Waals surface area contributed by atoms with Crippen LogP contribution >= 0.6 is 0 Å². The number of nitrogen functional groups attached to an aromatic ring is 1. The van der Waals surface area contributed by atoms with E-state index < -0.39 is 11.2 Å². The van der Waals surface area contributed by atoms with Crippen molar-refractivity contribution in [2.75, 3.05) is 19.3 Å². The highest BCUT2D eigenvalue weighted by Crippen LogP contribution is 2.33. The summed E-state index contributed by atoms with van der Waals surface area (Å²) in [6, 6.07) is 17.7. The zero-order valence-corrected chi connectivity index (χ0v) is 18.5. The quantitative estimate of drug-likeness (QED) is 0.604. The van der Waals surface area contributed by atoms with Gasteiger partial charge in [-0.3, -0.25) is 23.6 Å². The summed E-state index contributed by atoms with van der Waals surface area (Å²) in [5, 5.41) is 0. The number of anilines is 1. The van der Waals surface area contributed by atoms with Crippen molar-refractivity contribution in [3.8, 4) is 0 Å². The summed E-state index contributed by atoms with van der Waals surface area (Å²) in [7, 11) is 3.27. The molecule has 2 N–H and O–H groups in total. The Hall–Kier alpha value is -3.45. The van der Waals surface area contributed by atoms with Crippen molar-refractivity contribution in [1.29, 1.82) is 0 Å². The van der Waals surface area contributed by atoms with E-state index in [4.69, 9.17) is 5.73 Å². The van der Waals surface area contributed by atoms with Crippen molar-refractivity contribution in [3.05, 3.63) is 97.7 Å². The van der Waals surface area contributed by atoms with Crippen LogP contribution in [0.3, 0.4) is 0 Å². The smallest absolute Gasteiger partial charge is 0.332 e. The van der Waals surface area contributed by atoms with Crippen molar-refractivity contribution < 1.29 is 4.79 Å². The third-order valence-electron chi connectivity index (χ3n) is 6.31. The van der Waals surface area contributed by atoms with Gasteiger partial charge < -0.3 is 5.73 Å². The van der Waals surface area contributed by atoms with E-state index in [2.05, 4.69) is 12.1 Å². The predicted octanol–water partition coefficient (Wildman–Crippen LogP) is 2.37. The van der Waals surface area contributed by atoms with E-state index in [1.165, 1.54) is 22.7 Å². The van der Waals surface area contributed by atoms with Crippen LogP contribution in [0.5, 0.6) is 0 Å². The standard InChI is InChI=1S/C25H28N4O3/c1-27(20-14-8-12-18-11-6-7-13-19(18)20)16-21(30)22-23(26)29(25(32)28(2)24(22)31)15-17-9-4-3-5-10-17/h3-7,9-11,13,20H,8,12,14-16,26H2,1-2H3/t20-/m0/s1. The Morgan fingerprint density at radius 3 is 2.53 bits per heavy atom.